The topological polar surface area (TPSA) is 124 Å². The van der Waals surface area contributed by atoms with Crippen molar-refractivity contribution >= 4 is 24.3 Å². The monoisotopic (exact) mass is 328 g/mol. The van der Waals surface area contributed by atoms with Crippen LogP contribution >= 0.6 is 12.6 Å². The third-order valence-corrected chi connectivity index (χ3v) is 4.62. The van der Waals surface area contributed by atoms with Gasteiger partial charge in [-0.05, 0) is 18.4 Å². The van der Waals surface area contributed by atoms with Crippen LogP contribution in [0.5, 0.6) is 0 Å². The van der Waals surface area contributed by atoms with E-state index in [1.807, 2.05) is 6.92 Å². The summed E-state index contributed by atoms with van der Waals surface area (Å²) in [6, 6.07) is -0.312. The molecule has 0 saturated carbocycles. The minimum absolute atomic E-state index is 0.260. The molecule has 1 aromatic rings. The zero-order valence-corrected chi connectivity index (χ0v) is 13.0. The summed E-state index contributed by atoms with van der Waals surface area (Å²) in [5.41, 5.74) is 4.49. The van der Waals surface area contributed by atoms with E-state index in [-0.39, 0.29) is 17.7 Å². The van der Waals surface area contributed by atoms with Gasteiger partial charge < -0.3 is 25.4 Å². The van der Waals surface area contributed by atoms with Gasteiger partial charge in [-0.1, -0.05) is 6.92 Å². The van der Waals surface area contributed by atoms with Crippen LogP contribution in [0.2, 0.25) is 0 Å². The van der Waals surface area contributed by atoms with Crippen molar-refractivity contribution in [2.45, 2.75) is 49.5 Å². The number of aliphatic hydroxyl groups is 4. The largest absolute Gasteiger partial charge is 0.479 e. The molecule has 122 valence electrons. The van der Waals surface area contributed by atoms with Gasteiger partial charge in [0.2, 0.25) is 0 Å². The van der Waals surface area contributed by atoms with Crippen molar-refractivity contribution in [3.8, 4) is 0 Å². The smallest absolute Gasteiger partial charge is 0.309 e. The van der Waals surface area contributed by atoms with Crippen LogP contribution in [0.1, 0.15) is 31.0 Å². The third kappa shape index (κ3) is 2.38. The van der Waals surface area contributed by atoms with Crippen molar-refractivity contribution in [1.82, 2.24) is 10.4 Å². The number of aliphatic hydroxyl groups excluding tert-OH is 3. The van der Waals surface area contributed by atoms with E-state index in [0.717, 1.165) is 5.56 Å². The number of hydrazine groups is 1. The van der Waals surface area contributed by atoms with Gasteiger partial charge in [-0.25, -0.2) is 5.01 Å². The van der Waals surface area contributed by atoms with E-state index in [9.17, 15) is 20.4 Å². The number of hydrogen-bond donors (Lipinski definition) is 7. The summed E-state index contributed by atoms with van der Waals surface area (Å²) in [4.78, 5) is 6.66. The molecule has 0 amide bonds. The molecule has 0 radical (unpaired) electrons. The molecule has 22 heavy (non-hydrogen) atoms. The molecule has 0 spiro atoms. The maximum atomic E-state index is 10.2. The number of anilines is 1. The zero-order chi connectivity index (χ0) is 16.1. The van der Waals surface area contributed by atoms with Gasteiger partial charge in [0.05, 0.1) is 17.9 Å². The summed E-state index contributed by atoms with van der Waals surface area (Å²) in [6.45, 7) is 1.85. The molecule has 2 aliphatic heterocycles. The maximum absolute atomic E-state index is 10.2. The highest BCUT2D eigenvalue weighted by atomic mass is 32.1. The molecule has 0 aliphatic carbocycles. The SMILES string of the molecule is CCC(O)C[C@@H](O)[C@@H](S)Cc1c[nH]c2c1N1NC2(O)N=C1O. The molecular weight excluding hydrogens is 308 g/mol. The van der Waals surface area contributed by atoms with Gasteiger partial charge in [-0.2, -0.15) is 23.0 Å². The molecule has 6 N–H and O–H groups in total. The predicted octanol–water partition coefficient (Wildman–Crippen LogP) is -0.268. The molecule has 3 rings (SSSR count). The number of amidine groups is 1. The second kappa shape index (κ2) is 5.43. The second-order valence-corrected chi connectivity index (χ2v) is 6.37. The fourth-order valence-corrected chi connectivity index (χ4v) is 3.11. The van der Waals surface area contributed by atoms with E-state index >= 15 is 0 Å². The Balaban J connectivity index is 1.74. The fourth-order valence-electron chi connectivity index (χ4n) is 2.79. The molecule has 1 aromatic heterocycles. The summed E-state index contributed by atoms with van der Waals surface area (Å²) in [6.07, 6.45) is 1.63. The normalized spacial score (nSPS) is 26.8. The average Bonchev–Trinajstić information content (AvgIpc) is 3.08. The predicted molar refractivity (Wildman–Crippen MR) is 83.8 cm³/mol. The lowest BCUT2D eigenvalue weighted by Crippen LogP contribution is -2.40. The summed E-state index contributed by atoms with van der Waals surface area (Å²) in [7, 11) is 0. The van der Waals surface area contributed by atoms with Crippen molar-refractivity contribution in [3.63, 3.8) is 0 Å². The number of aromatic amines is 1. The lowest BCUT2D eigenvalue weighted by atomic mass is 10.0. The van der Waals surface area contributed by atoms with Gasteiger partial charge in [-0.15, -0.1) is 0 Å². The molecule has 4 atom stereocenters. The minimum Gasteiger partial charge on any atom is -0.479 e. The quantitative estimate of drug-likeness (QED) is 0.361. The zero-order valence-electron chi connectivity index (χ0n) is 12.1. The molecule has 2 bridgehead atoms. The van der Waals surface area contributed by atoms with Gasteiger partial charge in [0.1, 0.15) is 5.69 Å². The molecule has 9 heteroatoms. The summed E-state index contributed by atoms with van der Waals surface area (Å²) in [5, 5.41) is 40.6. The number of thiol groups is 1. The Morgan fingerprint density at radius 2 is 2.18 bits per heavy atom. The molecular formula is C13H20N4O4S. The first-order valence-electron chi connectivity index (χ1n) is 7.19. The van der Waals surface area contributed by atoms with Crippen molar-refractivity contribution < 1.29 is 20.4 Å². The fraction of sp³-hybridized carbons (Fsp3) is 0.615. The van der Waals surface area contributed by atoms with Crippen molar-refractivity contribution in [2.75, 3.05) is 5.01 Å². The molecule has 0 aromatic carbocycles. The molecule has 2 aliphatic rings. The van der Waals surface area contributed by atoms with Crippen LogP contribution in [0.4, 0.5) is 5.69 Å². The van der Waals surface area contributed by atoms with Gasteiger partial charge in [-0.3, -0.25) is 0 Å². The minimum atomic E-state index is -1.67. The lowest BCUT2D eigenvalue weighted by Gasteiger charge is -2.21. The molecule has 0 saturated heterocycles. The first-order chi connectivity index (χ1) is 10.4. The number of nitrogens with one attached hydrogen (secondary N) is 2. The standard InChI is InChI=1S/C13H20N4O4S/c1-2-7(18)4-8(19)9(22)3-6-5-14-11-10(6)17-12(20)15-13(11,21)16-17/h5,7-9,14,16,18-19,21-22H,2-4H2,1H3,(H,15,20)/t7?,8-,9+,13?/m1/s1. The van der Waals surface area contributed by atoms with Gasteiger partial charge in [0, 0.05) is 17.9 Å². The van der Waals surface area contributed by atoms with Crippen molar-refractivity contribution in [2.24, 2.45) is 4.99 Å². The molecule has 8 nitrogen and oxygen atoms in total. The Morgan fingerprint density at radius 3 is 2.86 bits per heavy atom. The lowest BCUT2D eigenvalue weighted by molar-refractivity contribution is 0.0268. The Bertz CT molecular complexity index is 607. The maximum Gasteiger partial charge on any atom is 0.309 e. The van der Waals surface area contributed by atoms with Crippen LogP contribution in [0.3, 0.4) is 0 Å². The Labute approximate surface area is 132 Å². The number of rotatable bonds is 6. The average molecular weight is 328 g/mol. The number of H-pyrrole nitrogens is 1. The Morgan fingerprint density at radius 1 is 1.45 bits per heavy atom. The van der Waals surface area contributed by atoms with Crippen molar-refractivity contribution in [3.05, 3.63) is 17.5 Å². The van der Waals surface area contributed by atoms with Gasteiger partial charge in [0.25, 0.3) is 5.85 Å². The molecule has 0 fully saturated rings. The Kier molecular flexibility index (Phi) is 3.86. The first kappa shape index (κ1) is 15.6. The number of hydrogen-bond acceptors (Lipinski definition) is 7. The van der Waals surface area contributed by atoms with Crippen LogP contribution < -0.4 is 10.4 Å². The molecule has 3 heterocycles. The summed E-state index contributed by atoms with van der Waals surface area (Å²) >= 11 is 4.41. The van der Waals surface area contributed by atoms with E-state index in [0.29, 0.717) is 24.2 Å². The number of fused-ring (bicyclic) bond motifs is 5. The van der Waals surface area contributed by atoms with Crippen LogP contribution in [0.25, 0.3) is 0 Å². The van der Waals surface area contributed by atoms with Crippen molar-refractivity contribution in [1.29, 1.82) is 0 Å². The first-order valence-corrected chi connectivity index (χ1v) is 7.71. The molecule has 2 unspecified atom stereocenters. The van der Waals surface area contributed by atoms with E-state index in [4.69, 9.17) is 0 Å². The highest BCUT2D eigenvalue weighted by molar-refractivity contribution is 7.81. The van der Waals surface area contributed by atoms with Crippen LogP contribution in [0.15, 0.2) is 11.2 Å². The third-order valence-electron chi connectivity index (χ3n) is 4.09. The summed E-state index contributed by atoms with van der Waals surface area (Å²) in [5.74, 6) is -1.67. The van der Waals surface area contributed by atoms with Crippen LogP contribution in [-0.2, 0) is 12.3 Å². The number of aromatic nitrogens is 1. The van der Waals surface area contributed by atoms with Gasteiger partial charge >= 0.3 is 6.02 Å². The number of aliphatic imine (C=N–C) groups is 1. The van der Waals surface area contributed by atoms with E-state index in [1.165, 1.54) is 5.01 Å². The highest BCUT2D eigenvalue weighted by Crippen LogP contribution is 2.43. The second-order valence-electron chi connectivity index (χ2n) is 5.71. The summed E-state index contributed by atoms with van der Waals surface area (Å²) < 4.78 is 0. The van der Waals surface area contributed by atoms with E-state index < -0.39 is 18.1 Å². The number of nitrogens with zero attached hydrogens (tertiary/aromatic N) is 2. The Hall–Kier alpha value is -1.26. The van der Waals surface area contributed by atoms with E-state index in [1.54, 1.807) is 6.20 Å². The van der Waals surface area contributed by atoms with Crippen LogP contribution in [0, 0.1) is 0 Å². The van der Waals surface area contributed by atoms with Crippen LogP contribution in [-0.4, -0.2) is 48.9 Å². The highest BCUT2D eigenvalue weighted by Gasteiger charge is 2.51. The van der Waals surface area contributed by atoms with E-state index in [2.05, 4.69) is 28.0 Å². The van der Waals surface area contributed by atoms with Gasteiger partial charge in [0.15, 0.2) is 0 Å².